The Morgan fingerprint density at radius 1 is 1.07 bits per heavy atom. The van der Waals surface area contributed by atoms with Gasteiger partial charge in [-0.05, 0) is 66.6 Å². The molecule has 0 fully saturated rings. The predicted octanol–water partition coefficient (Wildman–Crippen LogP) is 6.88. The van der Waals surface area contributed by atoms with E-state index in [9.17, 15) is 26.4 Å². The van der Waals surface area contributed by atoms with Crippen molar-refractivity contribution in [3.63, 3.8) is 0 Å². The molecule has 0 spiro atoms. The number of sulfonamides is 1. The maximum atomic E-state index is 14.9. The van der Waals surface area contributed by atoms with Crippen LogP contribution in [-0.2, 0) is 16.4 Å². The Bertz CT molecular complexity index is 2310. The monoisotopic (exact) mass is 644 g/mol. The SMILES string of the molecule is CNC(=O)c1c(-c2ccc(F)cc2)oc2cc(N(C)S(C)(=O)=O)c(-c3ccc4c(n3)-c3cc5c(F)cccc5n3C(CF)C4)cc12. The van der Waals surface area contributed by atoms with E-state index in [1.807, 2.05) is 6.07 Å². The summed E-state index contributed by atoms with van der Waals surface area (Å²) >= 11 is 0. The van der Waals surface area contributed by atoms with Crippen molar-refractivity contribution in [1.82, 2.24) is 14.9 Å². The maximum Gasteiger partial charge on any atom is 0.255 e. The number of nitrogens with zero attached hydrogens (tertiary/aromatic N) is 3. The highest BCUT2D eigenvalue weighted by molar-refractivity contribution is 7.92. The third-order valence-electron chi connectivity index (χ3n) is 8.53. The highest BCUT2D eigenvalue weighted by Crippen LogP contribution is 2.44. The highest BCUT2D eigenvalue weighted by Gasteiger charge is 2.30. The number of furan rings is 1. The van der Waals surface area contributed by atoms with Crippen molar-refractivity contribution in [2.75, 3.05) is 31.3 Å². The molecule has 6 aromatic rings. The summed E-state index contributed by atoms with van der Waals surface area (Å²) < 4.78 is 77.6. The molecule has 0 bridgehead atoms. The molecule has 3 aromatic carbocycles. The number of anilines is 1. The van der Waals surface area contributed by atoms with Gasteiger partial charge in [-0.3, -0.25) is 9.10 Å². The summed E-state index contributed by atoms with van der Waals surface area (Å²) in [6, 6.07) is 17.9. The summed E-state index contributed by atoms with van der Waals surface area (Å²) in [4.78, 5) is 18.2. The van der Waals surface area contributed by atoms with Crippen molar-refractivity contribution < 1.29 is 30.8 Å². The average molecular weight is 645 g/mol. The Kier molecular flexibility index (Phi) is 6.93. The van der Waals surface area contributed by atoms with E-state index in [0.29, 0.717) is 50.9 Å². The lowest BCUT2D eigenvalue weighted by Gasteiger charge is -2.27. The van der Waals surface area contributed by atoms with Crippen molar-refractivity contribution in [3.05, 3.63) is 95.6 Å². The second-order valence-electron chi connectivity index (χ2n) is 11.3. The fraction of sp³-hybridized carbons (Fsp3) is 0.176. The number of amides is 1. The van der Waals surface area contributed by atoms with Gasteiger partial charge in [-0.2, -0.15) is 0 Å². The predicted molar refractivity (Wildman–Crippen MR) is 171 cm³/mol. The number of hydrogen-bond donors (Lipinski definition) is 1. The van der Waals surface area contributed by atoms with Gasteiger partial charge in [0.05, 0.1) is 46.1 Å². The number of halogens is 3. The van der Waals surface area contributed by atoms with Gasteiger partial charge in [0, 0.05) is 42.1 Å². The van der Waals surface area contributed by atoms with Gasteiger partial charge in [-0.25, -0.2) is 26.6 Å². The van der Waals surface area contributed by atoms with E-state index >= 15 is 0 Å². The van der Waals surface area contributed by atoms with Crippen molar-refractivity contribution in [3.8, 4) is 34.0 Å². The largest absolute Gasteiger partial charge is 0.455 e. The van der Waals surface area contributed by atoms with E-state index in [1.165, 1.54) is 50.5 Å². The van der Waals surface area contributed by atoms with Crippen molar-refractivity contribution in [2.24, 2.45) is 0 Å². The Balaban J connectivity index is 1.50. The smallest absolute Gasteiger partial charge is 0.255 e. The Morgan fingerprint density at radius 2 is 1.83 bits per heavy atom. The van der Waals surface area contributed by atoms with Gasteiger partial charge in [0.25, 0.3) is 5.91 Å². The van der Waals surface area contributed by atoms with Gasteiger partial charge in [-0.15, -0.1) is 0 Å². The second kappa shape index (κ2) is 10.8. The van der Waals surface area contributed by atoms with Gasteiger partial charge < -0.3 is 14.3 Å². The molecule has 1 amide bonds. The first-order valence-electron chi connectivity index (χ1n) is 14.4. The molecule has 3 aromatic heterocycles. The molecular weight excluding hydrogens is 617 g/mol. The molecule has 1 aliphatic heterocycles. The number of carbonyl (C=O) groups is 1. The van der Waals surface area contributed by atoms with Crippen LogP contribution in [0.2, 0.25) is 0 Å². The van der Waals surface area contributed by atoms with Crippen LogP contribution in [0.15, 0.2) is 77.2 Å². The van der Waals surface area contributed by atoms with Crippen LogP contribution in [0.25, 0.3) is 55.8 Å². The van der Waals surface area contributed by atoms with Crippen LogP contribution in [0.3, 0.4) is 0 Å². The number of nitrogens with one attached hydrogen (secondary N) is 1. The van der Waals surface area contributed by atoms with Crippen LogP contribution in [0, 0.1) is 11.6 Å². The van der Waals surface area contributed by atoms with Gasteiger partial charge in [0.1, 0.15) is 29.7 Å². The standard InChI is InChI=1S/C34H27F3N4O4S/c1-38-34(42)31-24-14-23(28(40(2)46(3,43)44)16-30(24)45-33(31)18-7-10-20(36)11-8-18)26-12-9-19-13-21(17-35)41-27-6-4-5-25(37)22(27)15-29(41)32(19)39-26/h4-12,14-16,21H,13,17H2,1-3H3,(H,38,42). The molecule has 12 heteroatoms. The second-order valence-corrected chi connectivity index (χ2v) is 13.3. The minimum Gasteiger partial charge on any atom is -0.455 e. The van der Waals surface area contributed by atoms with E-state index in [4.69, 9.17) is 9.40 Å². The molecule has 0 saturated heterocycles. The molecule has 234 valence electrons. The van der Waals surface area contributed by atoms with E-state index in [2.05, 4.69) is 5.32 Å². The van der Waals surface area contributed by atoms with Gasteiger partial charge in [0.2, 0.25) is 10.0 Å². The molecule has 7 rings (SSSR count). The molecule has 0 saturated carbocycles. The third-order valence-corrected chi connectivity index (χ3v) is 9.72. The lowest BCUT2D eigenvalue weighted by Crippen LogP contribution is -2.25. The molecule has 8 nitrogen and oxygen atoms in total. The van der Waals surface area contributed by atoms with E-state index in [0.717, 1.165) is 16.1 Å². The lowest BCUT2D eigenvalue weighted by molar-refractivity contribution is 0.0964. The summed E-state index contributed by atoms with van der Waals surface area (Å²) in [5.74, 6) is -1.17. The zero-order chi connectivity index (χ0) is 32.5. The quantitative estimate of drug-likeness (QED) is 0.213. The Morgan fingerprint density at radius 3 is 2.52 bits per heavy atom. The van der Waals surface area contributed by atoms with Crippen LogP contribution < -0.4 is 9.62 Å². The van der Waals surface area contributed by atoms with Crippen LogP contribution in [-0.4, -0.2) is 50.9 Å². The van der Waals surface area contributed by atoms with Crippen molar-refractivity contribution in [1.29, 1.82) is 0 Å². The Labute approximate surface area is 262 Å². The number of fused-ring (bicyclic) bond motifs is 6. The summed E-state index contributed by atoms with van der Waals surface area (Å²) in [6.45, 7) is -0.659. The van der Waals surface area contributed by atoms with Crippen molar-refractivity contribution >= 4 is 43.5 Å². The average Bonchev–Trinajstić information content (AvgIpc) is 3.63. The number of benzene rings is 3. The minimum absolute atomic E-state index is 0.179. The van der Waals surface area contributed by atoms with Gasteiger partial charge in [0.15, 0.2) is 0 Å². The first kappa shape index (κ1) is 29.6. The summed E-state index contributed by atoms with van der Waals surface area (Å²) in [5.41, 5.74) is 4.19. The molecule has 1 unspecified atom stereocenters. The van der Waals surface area contributed by atoms with E-state index < -0.39 is 40.3 Å². The van der Waals surface area contributed by atoms with Gasteiger partial charge in [-0.1, -0.05) is 12.1 Å². The number of pyridine rings is 1. The molecule has 1 atom stereocenters. The molecule has 46 heavy (non-hydrogen) atoms. The van der Waals surface area contributed by atoms with Gasteiger partial charge >= 0.3 is 0 Å². The summed E-state index contributed by atoms with van der Waals surface area (Å²) in [7, 11) is -0.910. The zero-order valence-corrected chi connectivity index (χ0v) is 25.8. The molecule has 0 radical (unpaired) electrons. The van der Waals surface area contributed by atoms with Crippen molar-refractivity contribution in [2.45, 2.75) is 12.5 Å². The Hall–Kier alpha value is -5.10. The number of carbonyl (C=O) groups excluding carboxylic acids is 1. The van der Waals surface area contributed by atoms with Crippen LogP contribution in [0.1, 0.15) is 22.0 Å². The third kappa shape index (κ3) is 4.63. The lowest BCUT2D eigenvalue weighted by atomic mass is 9.96. The van der Waals surface area contributed by atoms with Crippen LogP contribution >= 0.6 is 0 Å². The molecule has 0 aliphatic carbocycles. The number of alkyl halides is 1. The first-order chi connectivity index (χ1) is 22.0. The highest BCUT2D eigenvalue weighted by atomic mass is 32.2. The topological polar surface area (TPSA) is 97.4 Å². The fourth-order valence-electron chi connectivity index (χ4n) is 6.22. The summed E-state index contributed by atoms with van der Waals surface area (Å²) in [6.07, 6.45) is 1.39. The minimum atomic E-state index is -3.78. The normalized spacial score (nSPS) is 14.3. The number of aromatic nitrogens is 2. The molecule has 4 heterocycles. The molecular formula is C34H27F3N4O4S. The van der Waals surface area contributed by atoms with Crippen LogP contribution in [0.5, 0.6) is 0 Å². The number of hydrogen-bond acceptors (Lipinski definition) is 5. The summed E-state index contributed by atoms with van der Waals surface area (Å²) in [5, 5.41) is 3.35. The zero-order valence-electron chi connectivity index (χ0n) is 24.9. The van der Waals surface area contributed by atoms with Crippen LogP contribution in [0.4, 0.5) is 18.9 Å². The number of rotatable bonds is 6. The molecule has 1 aliphatic rings. The molecule has 1 N–H and O–H groups in total. The first-order valence-corrected chi connectivity index (χ1v) is 16.2. The van der Waals surface area contributed by atoms with E-state index in [-0.39, 0.29) is 22.6 Å². The van der Waals surface area contributed by atoms with E-state index in [1.54, 1.807) is 34.9 Å². The maximum absolute atomic E-state index is 14.9. The fourth-order valence-corrected chi connectivity index (χ4v) is 6.72.